The Labute approximate surface area is 114 Å². The van der Waals surface area contributed by atoms with Gasteiger partial charge in [-0.15, -0.1) is 0 Å². The molecule has 0 saturated heterocycles. The molecule has 0 unspecified atom stereocenters. The van der Waals surface area contributed by atoms with Crippen molar-refractivity contribution in [1.29, 1.82) is 5.41 Å². The zero-order chi connectivity index (χ0) is 13.8. The maximum atomic E-state index is 7.95. The van der Waals surface area contributed by atoms with Crippen molar-refractivity contribution in [2.24, 2.45) is 0 Å². The molecule has 0 aromatic heterocycles. The molecule has 2 aromatic rings. The molecule has 0 saturated carbocycles. The lowest BCUT2D eigenvalue weighted by Gasteiger charge is -2.19. The SMILES string of the molecule is Cc1cccc(-c2ccccc2)c1NC(=N)N(C)C. The van der Waals surface area contributed by atoms with E-state index in [1.54, 1.807) is 4.90 Å². The van der Waals surface area contributed by atoms with E-state index in [2.05, 4.69) is 36.5 Å². The second-order valence-corrected chi connectivity index (χ2v) is 4.73. The number of para-hydroxylation sites is 1. The number of hydrogen-bond acceptors (Lipinski definition) is 1. The van der Waals surface area contributed by atoms with Crippen LogP contribution in [0.1, 0.15) is 5.56 Å². The fraction of sp³-hybridized carbons (Fsp3) is 0.188. The Kier molecular flexibility index (Phi) is 3.85. The molecule has 0 fully saturated rings. The van der Waals surface area contributed by atoms with Crippen LogP contribution in [0, 0.1) is 12.3 Å². The summed E-state index contributed by atoms with van der Waals surface area (Å²) in [7, 11) is 3.71. The lowest BCUT2D eigenvalue weighted by Crippen LogP contribution is -2.28. The highest BCUT2D eigenvalue weighted by Crippen LogP contribution is 2.30. The molecule has 0 bridgehead atoms. The minimum absolute atomic E-state index is 0.381. The summed E-state index contributed by atoms with van der Waals surface area (Å²) in [6.07, 6.45) is 0. The van der Waals surface area contributed by atoms with Crippen molar-refractivity contribution in [2.75, 3.05) is 19.4 Å². The molecule has 0 spiro atoms. The number of hydrogen-bond donors (Lipinski definition) is 2. The molecule has 3 nitrogen and oxygen atoms in total. The molecule has 2 rings (SSSR count). The highest BCUT2D eigenvalue weighted by molar-refractivity contribution is 5.96. The van der Waals surface area contributed by atoms with Crippen LogP contribution in [0.5, 0.6) is 0 Å². The highest BCUT2D eigenvalue weighted by Gasteiger charge is 2.09. The third-order valence-corrected chi connectivity index (χ3v) is 3.05. The molecule has 19 heavy (non-hydrogen) atoms. The first-order chi connectivity index (χ1) is 9.09. The first-order valence-electron chi connectivity index (χ1n) is 6.27. The molecule has 0 aliphatic rings. The summed E-state index contributed by atoms with van der Waals surface area (Å²) in [5.74, 6) is 0.381. The van der Waals surface area contributed by atoms with Gasteiger partial charge in [0.1, 0.15) is 0 Å². The van der Waals surface area contributed by atoms with Crippen LogP contribution in [0.3, 0.4) is 0 Å². The number of nitrogens with one attached hydrogen (secondary N) is 2. The quantitative estimate of drug-likeness (QED) is 0.634. The van der Waals surface area contributed by atoms with Gasteiger partial charge in [-0.05, 0) is 18.1 Å². The van der Waals surface area contributed by atoms with Crippen LogP contribution < -0.4 is 5.32 Å². The Morgan fingerprint density at radius 2 is 1.68 bits per heavy atom. The van der Waals surface area contributed by atoms with Gasteiger partial charge in [-0.2, -0.15) is 0 Å². The zero-order valence-electron chi connectivity index (χ0n) is 11.6. The summed E-state index contributed by atoms with van der Waals surface area (Å²) >= 11 is 0. The van der Waals surface area contributed by atoms with Gasteiger partial charge in [0.2, 0.25) is 0 Å². The van der Waals surface area contributed by atoms with Crippen LogP contribution in [-0.2, 0) is 0 Å². The lowest BCUT2D eigenvalue weighted by atomic mass is 10.0. The Hall–Kier alpha value is -2.29. The van der Waals surface area contributed by atoms with E-state index in [1.165, 1.54) is 0 Å². The van der Waals surface area contributed by atoms with Gasteiger partial charge in [0.25, 0.3) is 0 Å². The van der Waals surface area contributed by atoms with Gasteiger partial charge < -0.3 is 10.2 Å². The second kappa shape index (κ2) is 5.57. The summed E-state index contributed by atoms with van der Waals surface area (Å²) < 4.78 is 0. The molecule has 0 heterocycles. The van der Waals surface area contributed by atoms with Crippen molar-refractivity contribution in [3.8, 4) is 11.1 Å². The third kappa shape index (κ3) is 2.94. The molecule has 2 N–H and O–H groups in total. The Morgan fingerprint density at radius 3 is 2.32 bits per heavy atom. The smallest absolute Gasteiger partial charge is 0.195 e. The number of rotatable bonds is 2. The van der Waals surface area contributed by atoms with Crippen LogP contribution in [0.25, 0.3) is 11.1 Å². The van der Waals surface area contributed by atoms with Gasteiger partial charge in [0.05, 0.1) is 5.69 Å². The maximum Gasteiger partial charge on any atom is 0.195 e. The minimum Gasteiger partial charge on any atom is -0.349 e. The molecule has 98 valence electrons. The van der Waals surface area contributed by atoms with Crippen LogP contribution in [0.15, 0.2) is 48.5 Å². The Balaban J connectivity index is 2.45. The van der Waals surface area contributed by atoms with Crippen LogP contribution in [0.2, 0.25) is 0 Å². The summed E-state index contributed by atoms with van der Waals surface area (Å²) in [5.41, 5.74) is 4.40. The van der Waals surface area contributed by atoms with E-state index in [0.29, 0.717) is 5.96 Å². The molecule has 0 radical (unpaired) electrons. The number of benzene rings is 2. The largest absolute Gasteiger partial charge is 0.349 e. The van der Waals surface area contributed by atoms with E-state index in [1.807, 2.05) is 38.4 Å². The minimum atomic E-state index is 0.381. The standard InChI is InChI=1S/C16H19N3/c1-12-8-7-11-14(13-9-5-4-6-10-13)15(12)18-16(17)19(2)3/h4-11H,1-3H3,(H2,17,18). The Morgan fingerprint density at radius 1 is 1.00 bits per heavy atom. The first kappa shape index (κ1) is 13.1. The summed E-state index contributed by atoms with van der Waals surface area (Å²) in [6.45, 7) is 2.05. The normalized spacial score (nSPS) is 10.1. The first-order valence-corrected chi connectivity index (χ1v) is 6.27. The second-order valence-electron chi connectivity index (χ2n) is 4.73. The van der Waals surface area contributed by atoms with Gasteiger partial charge in [-0.1, -0.05) is 48.5 Å². The average molecular weight is 253 g/mol. The lowest BCUT2D eigenvalue weighted by molar-refractivity contribution is 0.616. The van der Waals surface area contributed by atoms with Gasteiger partial charge in [-0.25, -0.2) is 0 Å². The molecule has 0 aliphatic carbocycles. The van der Waals surface area contributed by atoms with Crippen molar-refractivity contribution in [2.45, 2.75) is 6.92 Å². The van der Waals surface area contributed by atoms with E-state index < -0.39 is 0 Å². The number of anilines is 1. The molecule has 0 atom stereocenters. The van der Waals surface area contributed by atoms with Gasteiger partial charge in [-0.3, -0.25) is 5.41 Å². The number of nitrogens with zero attached hydrogens (tertiary/aromatic N) is 1. The van der Waals surface area contributed by atoms with Gasteiger partial charge >= 0.3 is 0 Å². The van der Waals surface area contributed by atoms with Gasteiger partial charge in [0.15, 0.2) is 5.96 Å². The Bertz CT molecular complexity index is 574. The highest BCUT2D eigenvalue weighted by atomic mass is 15.2. The van der Waals surface area contributed by atoms with E-state index in [9.17, 15) is 0 Å². The maximum absolute atomic E-state index is 7.95. The van der Waals surface area contributed by atoms with Crippen LogP contribution >= 0.6 is 0 Å². The number of guanidine groups is 1. The summed E-state index contributed by atoms with van der Waals surface area (Å²) in [5, 5.41) is 11.1. The molecule has 3 heteroatoms. The van der Waals surface area contributed by atoms with Crippen molar-refractivity contribution in [1.82, 2.24) is 4.90 Å². The topological polar surface area (TPSA) is 39.1 Å². The molecular formula is C16H19N3. The summed E-state index contributed by atoms with van der Waals surface area (Å²) in [6, 6.07) is 16.4. The van der Waals surface area contributed by atoms with Gasteiger partial charge in [0, 0.05) is 19.7 Å². The van der Waals surface area contributed by atoms with Crippen molar-refractivity contribution < 1.29 is 0 Å². The van der Waals surface area contributed by atoms with E-state index in [-0.39, 0.29) is 0 Å². The zero-order valence-corrected chi connectivity index (χ0v) is 11.6. The molecular weight excluding hydrogens is 234 g/mol. The fourth-order valence-corrected chi connectivity index (χ4v) is 1.92. The number of aryl methyl sites for hydroxylation is 1. The monoisotopic (exact) mass is 253 g/mol. The van der Waals surface area contributed by atoms with Crippen LogP contribution in [-0.4, -0.2) is 25.0 Å². The molecule has 0 aliphatic heterocycles. The van der Waals surface area contributed by atoms with Crippen molar-refractivity contribution in [3.63, 3.8) is 0 Å². The predicted molar refractivity (Wildman–Crippen MR) is 81.7 cm³/mol. The fourth-order valence-electron chi connectivity index (χ4n) is 1.92. The van der Waals surface area contributed by atoms with Crippen LogP contribution in [0.4, 0.5) is 5.69 Å². The molecule has 2 aromatic carbocycles. The van der Waals surface area contributed by atoms with E-state index in [4.69, 9.17) is 5.41 Å². The molecule has 0 amide bonds. The van der Waals surface area contributed by atoms with E-state index >= 15 is 0 Å². The summed E-state index contributed by atoms with van der Waals surface area (Å²) in [4.78, 5) is 1.75. The average Bonchev–Trinajstić information content (AvgIpc) is 2.41. The van der Waals surface area contributed by atoms with Crippen molar-refractivity contribution >= 4 is 11.6 Å². The van der Waals surface area contributed by atoms with E-state index in [0.717, 1.165) is 22.4 Å². The predicted octanol–water partition coefficient (Wildman–Crippen LogP) is 3.57. The van der Waals surface area contributed by atoms with Crippen molar-refractivity contribution in [3.05, 3.63) is 54.1 Å². The third-order valence-electron chi connectivity index (χ3n) is 3.05.